The highest BCUT2D eigenvalue weighted by molar-refractivity contribution is 7.17. The smallest absolute Gasteiger partial charge is 0.258 e. The van der Waals surface area contributed by atoms with Crippen LogP contribution in [0.15, 0.2) is 53.0 Å². The van der Waals surface area contributed by atoms with Crippen LogP contribution >= 0.6 is 11.3 Å². The molecule has 2 N–H and O–H groups in total. The Bertz CT molecular complexity index is 1360. The number of rotatable bonds is 7. The van der Waals surface area contributed by atoms with Crippen molar-refractivity contribution in [2.75, 3.05) is 11.9 Å². The molecule has 0 aliphatic carbocycles. The van der Waals surface area contributed by atoms with Crippen LogP contribution in [0, 0.1) is 0 Å². The van der Waals surface area contributed by atoms with Gasteiger partial charge in [0, 0.05) is 23.4 Å². The molecule has 0 radical (unpaired) electrons. The lowest BCUT2D eigenvalue weighted by Gasteiger charge is -2.11. The van der Waals surface area contributed by atoms with E-state index < -0.39 is 0 Å². The first-order valence-corrected chi connectivity index (χ1v) is 11.5. The van der Waals surface area contributed by atoms with E-state index in [0.717, 1.165) is 32.7 Å². The quantitative estimate of drug-likeness (QED) is 0.427. The molecular weight excluding hydrogens is 436 g/mol. The Morgan fingerprint density at radius 1 is 1.21 bits per heavy atom. The molecule has 0 unspecified atom stereocenters. The summed E-state index contributed by atoms with van der Waals surface area (Å²) < 4.78 is 6.63. The maximum atomic E-state index is 11.9. The number of benzene rings is 1. The van der Waals surface area contributed by atoms with E-state index in [0.29, 0.717) is 23.9 Å². The van der Waals surface area contributed by atoms with Gasteiger partial charge in [-0.25, -0.2) is 9.97 Å². The predicted octanol–water partition coefficient (Wildman–Crippen LogP) is 4.33. The standard InChI is InChI=1S/C24H22N6O2S/c1-14(2)27-21(31)13-32-18-5-3-4-15(9-18)23-29-19-6-7-33-22(19)24(30-23)28-17-8-16-10-25-12-20(16)26-11-17/h3-11,14H,12-13H2,1-2H3,(H,27,31)(H,28,29,30). The molecular formula is C24H22N6O2S. The van der Waals surface area contributed by atoms with E-state index in [1.165, 1.54) is 0 Å². The molecule has 0 atom stereocenters. The fraction of sp³-hybridized carbons (Fsp3) is 0.208. The number of amides is 1. The minimum atomic E-state index is -0.161. The van der Waals surface area contributed by atoms with Gasteiger partial charge in [0.15, 0.2) is 18.2 Å². The first-order valence-electron chi connectivity index (χ1n) is 10.6. The number of pyridine rings is 1. The second kappa shape index (κ2) is 8.95. The zero-order valence-electron chi connectivity index (χ0n) is 18.2. The van der Waals surface area contributed by atoms with Gasteiger partial charge in [0.25, 0.3) is 5.91 Å². The third-order valence-corrected chi connectivity index (χ3v) is 5.86. The average molecular weight is 459 g/mol. The van der Waals surface area contributed by atoms with E-state index in [2.05, 4.69) is 20.6 Å². The molecule has 8 nitrogen and oxygen atoms in total. The number of aliphatic imine (C=N–C) groups is 1. The van der Waals surface area contributed by atoms with Crippen LogP contribution in [0.2, 0.25) is 0 Å². The van der Waals surface area contributed by atoms with E-state index in [4.69, 9.17) is 14.7 Å². The number of hydrogen-bond acceptors (Lipinski definition) is 8. The van der Waals surface area contributed by atoms with Crippen LogP contribution in [0.4, 0.5) is 11.5 Å². The van der Waals surface area contributed by atoms with Crippen LogP contribution in [-0.2, 0) is 11.3 Å². The van der Waals surface area contributed by atoms with Crippen LogP contribution < -0.4 is 15.4 Å². The van der Waals surface area contributed by atoms with E-state index >= 15 is 0 Å². The van der Waals surface area contributed by atoms with Crippen molar-refractivity contribution >= 4 is 45.2 Å². The Kier molecular flexibility index (Phi) is 5.70. The Labute approximate surface area is 194 Å². The van der Waals surface area contributed by atoms with Gasteiger partial charge in [-0.1, -0.05) is 12.1 Å². The minimum absolute atomic E-state index is 0.0481. The van der Waals surface area contributed by atoms with Gasteiger partial charge < -0.3 is 15.4 Å². The Balaban J connectivity index is 1.42. The predicted molar refractivity (Wildman–Crippen MR) is 130 cm³/mol. The van der Waals surface area contributed by atoms with Crippen molar-refractivity contribution in [2.24, 2.45) is 4.99 Å². The first-order chi connectivity index (χ1) is 16.0. The summed E-state index contributed by atoms with van der Waals surface area (Å²) in [7, 11) is 0. The van der Waals surface area contributed by atoms with Gasteiger partial charge in [-0.2, -0.15) is 0 Å². The molecule has 166 valence electrons. The SMILES string of the molecule is CC(C)NC(=O)COc1cccc(-c2nc(Nc3cnc4c(c3)C=NC4)c3sccc3n2)c1. The highest BCUT2D eigenvalue weighted by atomic mass is 32.1. The Hall–Kier alpha value is -3.85. The summed E-state index contributed by atoms with van der Waals surface area (Å²) in [5, 5.41) is 8.21. The second-order valence-electron chi connectivity index (χ2n) is 7.92. The minimum Gasteiger partial charge on any atom is -0.484 e. The van der Waals surface area contributed by atoms with Crippen LogP contribution in [0.1, 0.15) is 25.1 Å². The molecule has 0 bridgehead atoms. The summed E-state index contributed by atoms with van der Waals surface area (Å²) in [5.41, 5.74) is 4.49. The number of carbonyl (C=O) groups is 1. The molecule has 1 aromatic carbocycles. The molecule has 4 heterocycles. The van der Waals surface area contributed by atoms with Crippen LogP contribution in [0.25, 0.3) is 21.6 Å². The lowest BCUT2D eigenvalue weighted by atomic mass is 10.2. The van der Waals surface area contributed by atoms with Gasteiger partial charge >= 0.3 is 0 Å². The average Bonchev–Trinajstić information content (AvgIpc) is 3.46. The molecule has 0 fully saturated rings. The highest BCUT2D eigenvalue weighted by Crippen LogP contribution is 2.32. The fourth-order valence-electron chi connectivity index (χ4n) is 3.50. The Morgan fingerprint density at radius 2 is 2.12 bits per heavy atom. The lowest BCUT2D eigenvalue weighted by Crippen LogP contribution is -2.34. The summed E-state index contributed by atoms with van der Waals surface area (Å²) in [4.78, 5) is 30.2. The van der Waals surface area contributed by atoms with Gasteiger partial charge in [0.2, 0.25) is 0 Å². The summed E-state index contributed by atoms with van der Waals surface area (Å²) in [5.74, 6) is 1.70. The highest BCUT2D eigenvalue weighted by Gasteiger charge is 2.14. The molecule has 5 rings (SSSR count). The van der Waals surface area contributed by atoms with Crippen molar-refractivity contribution in [1.82, 2.24) is 20.3 Å². The molecule has 4 aromatic rings. The number of nitrogens with zero attached hydrogens (tertiary/aromatic N) is 4. The van der Waals surface area contributed by atoms with Crippen molar-refractivity contribution in [3.05, 3.63) is 59.2 Å². The van der Waals surface area contributed by atoms with Crippen LogP contribution in [0.3, 0.4) is 0 Å². The van der Waals surface area contributed by atoms with Gasteiger partial charge in [0.1, 0.15) is 5.75 Å². The van der Waals surface area contributed by atoms with Gasteiger partial charge in [0.05, 0.1) is 34.3 Å². The van der Waals surface area contributed by atoms with Gasteiger partial charge in [-0.15, -0.1) is 11.3 Å². The second-order valence-corrected chi connectivity index (χ2v) is 8.84. The zero-order valence-corrected chi connectivity index (χ0v) is 19.0. The number of thiophene rings is 1. The number of ether oxygens (including phenoxy) is 1. The third-order valence-electron chi connectivity index (χ3n) is 4.95. The first kappa shape index (κ1) is 21.0. The zero-order chi connectivity index (χ0) is 22.8. The van der Waals surface area contributed by atoms with Crippen molar-refractivity contribution in [2.45, 2.75) is 26.4 Å². The lowest BCUT2D eigenvalue weighted by molar-refractivity contribution is -0.123. The van der Waals surface area contributed by atoms with Crippen molar-refractivity contribution < 1.29 is 9.53 Å². The number of fused-ring (bicyclic) bond motifs is 2. The summed E-state index contributed by atoms with van der Waals surface area (Å²) in [6.45, 7) is 4.40. The number of carbonyl (C=O) groups excluding carboxylic acids is 1. The van der Waals surface area contributed by atoms with Gasteiger partial charge in [-0.05, 0) is 43.5 Å². The van der Waals surface area contributed by atoms with Gasteiger partial charge in [-0.3, -0.25) is 14.8 Å². The van der Waals surface area contributed by atoms with E-state index in [9.17, 15) is 4.79 Å². The Morgan fingerprint density at radius 3 is 3.00 bits per heavy atom. The molecule has 33 heavy (non-hydrogen) atoms. The maximum absolute atomic E-state index is 11.9. The maximum Gasteiger partial charge on any atom is 0.258 e. The third kappa shape index (κ3) is 4.68. The molecule has 0 saturated carbocycles. The van der Waals surface area contributed by atoms with E-state index in [1.807, 2.05) is 61.8 Å². The largest absolute Gasteiger partial charge is 0.484 e. The number of hydrogen-bond donors (Lipinski definition) is 2. The molecule has 0 saturated heterocycles. The molecule has 1 amide bonds. The van der Waals surface area contributed by atoms with Crippen LogP contribution in [-0.4, -0.2) is 39.7 Å². The molecule has 1 aliphatic heterocycles. The van der Waals surface area contributed by atoms with E-state index in [-0.39, 0.29) is 18.6 Å². The number of aromatic nitrogens is 3. The number of anilines is 2. The molecule has 3 aromatic heterocycles. The van der Waals surface area contributed by atoms with E-state index in [1.54, 1.807) is 17.5 Å². The summed E-state index contributed by atoms with van der Waals surface area (Å²) in [6, 6.07) is 11.5. The van der Waals surface area contributed by atoms with Crippen molar-refractivity contribution in [3.8, 4) is 17.1 Å². The summed E-state index contributed by atoms with van der Waals surface area (Å²) in [6.07, 6.45) is 3.64. The monoisotopic (exact) mass is 458 g/mol. The number of nitrogens with one attached hydrogen (secondary N) is 2. The normalized spacial score (nSPS) is 12.2. The summed E-state index contributed by atoms with van der Waals surface area (Å²) >= 11 is 1.58. The molecule has 1 aliphatic rings. The topological polar surface area (TPSA) is 101 Å². The fourth-order valence-corrected chi connectivity index (χ4v) is 4.28. The van der Waals surface area contributed by atoms with Crippen LogP contribution in [0.5, 0.6) is 5.75 Å². The van der Waals surface area contributed by atoms with Crippen molar-refractivity contribution in [3.63, 3.8) is 0 Å². The molecule has 0 spiro atoms. The van der Waals surface area contributed by atoms with Crippen molar-refractivity contribution in [1.29, 1.82) is 0 Å². The molecule has 9 heteroatoms.